The maximum absolute atomic E-state index is 11.4. The van der Waals surface area contributed by atoms with Crippen LogP contribution in [0.3, 0.4) is 0 Å². The molecule has 0 heterocycles. The van der Waals surface area contributed by atoms with E-state index in [1.807, 2.05) is 60.7 Å². The van der Waals surface area contributed by atoms with Crippen LogP contribution in [0.2, 0.25) is 0 Å². The summed E-state index contributed by atoms with van der Waals surface area (Å²) in [6.07, 6.45) is 0. The number of carboxylic acid groups (broad SMARTS) is 1. The summed E-state index contributed by atoms with van der Waals surface area (Å²) in [6, 6.07) is 26.5. The number of hydrogen-bond acceptors (Lipinski definition) is 2. The van der Waals surface area contributed by atoms with Crippen molar-refractivity contribution in [3.8, 4) is 0 Å². The van der Waals surface area contributed by atoms with E-state index in [0.717, 1.165) is 10.6 Å². The van der Waals surface area contributed by atoms with Crippen LogP contribution in [0.25, 0.3) is 0 Å². The van der Waals surface area contributed by atoms with Crippen molar-refractivity contribution >= 4 is 30.5 Å². The third-order valence-corrected chi connectivity index (χ3v) is 5.63. The highest BCUT2D eigenvalue weighted by Gasteiger charge is 2.17. The summed E-state index contributed by atoms with van der Waals surface area (Å²) in [5, 5.41) is 11.5. The number of aromatic carboxylic acids is 1. The van der Waals surface area contributed by atoms with E-state index in [1.165, 1.54) is 6.07 Å². The molecule has 3 N–H and O–H groups in total. The third kappa shape index (κ3) is 3.93. The van der Waals surface area contributed by atoms with Crippen LogP contribution in [0.5, 0.6) is 0 Å². The summed E-state index contributed by atoms with van der Waals surface area (Å²) in [7, 11) is -1.08. The maximum atomic E-state index is 11.4. The Balaban J connectivity index is 2.09. The zero-order chi connectivity index (χ0) is 17.6. The van der Waals surface area contributed by atoms with Crippen LogP contribution in [0.15, 0.2) is 89.7 Å². The van der Waals surface area contributed by atoms with E-state index in [0.29, 0.717) is 5.56 Å². The Hall–Kier alpha value is -2.97. The van der Waals surface area contributed by atoms with E-state index in [4.69, 9.17) is 10.5 Å². The fraction of sp³-hybridized carbons (Fsp3) is 0. The first-order valence-electron chi connectivity index (χ1n) is 7.74. The summed E-state index contributed by atoms with van der Waals surface area (Å²) in [5.41, 5.74) is 6.80. The predicted octanol–water partition coefficient (Wildman–Crippen LogP) is 3.14. The van der Waals surface area contributed by atoms with Gasteiger partial charge in [0.15, 0.2) is 0 Å². The molecule has 0 saturated carbocycles. The molecule has 3 rings (SSSR count). The minimum Gasteiger partial charge on any atom is -0.478 e. The van der Waals surface area contributed by atoms with Gasteiger partial charge in [-0.15, -0.1) is 0 Å². The van der Waals surface area contributed by atoms with Crippen LogP contribution >= 0.6 is 8.07 Å². The van der Waals surface area contributed by atoms with Gasteiger partial charge in [0.05, 0.1) is 13.6 Å². The lowest BCUT2D eigenvalue weighted by Gasteiger charge is -2.15. The summed E-state index contributed by atoms with van der Waals surface area (Å²) >= 11 is 0. The van der Waals surface area contributed by atoms with Crippen LogP contribution in [0.1, 0.15) is 15.9 Å². The van der Waals surface area contributed by atoms with Crippen LogP contribution in [-0.2, 0) is 0 Å². The third-order valence-electron chi connectivity index (χ3n) is 3.64. The molecule has 3 aromatic carbocycles. The molecule has 4 nitrogen and oxygen atoms in total. The van der Waals surface area contributed by atoms with Crippen LogP contribution in [0, 0.1) is 0 Å². The Kier molecular flexibility index (Phi) is 5.22. The standard InChI is InChI=1S/C20H17N2O2P/c21-19(17-13-7-8-14-18(17)20(23)24)22-25(15-9-3-1-4-10-15)16-11-5-2-6-12-16/h1-14H,(H2,21,22)(H,23,24). The van der Waals surface area contributed by atoms with E-state index in [-0.39, 0.29) is 11.4 Å². The normalized spacial score (nSPS) is 11.5. The van der Waals surface area contributed by atoms with E-state index < -0.39 is 14.0 Å². The van der Waals surface area contributed by atoms with Crippen molar-refractivity contribution < 1.29 is 9.90 Å². The molecule has 0 fully saturated rings. The highest BCUT2D eigenvalue weighted by Crippen LogP contribution is 2.35. The van der Waals surface area contributed by atoms with Gasteiger partial charge in [-0.1, -0.05) is 78.9 Å². The average Bonchev–Trinajstić information content (AvgIpc) is 2.67. The molecule has 0 aliphatic carbocycles. The van der Waals surface area contributed by atoms with Crippen molar-refractivity contribution in [2.24, 2.45) is 10.5 Å². The van der Waals surface area contributed by atoms with Gasteiger partial charge in [0, 0.05) is 16.2 Å². The van der Waals surface area contributed by atoms with Gasteiger partial charge in [0.25, 0.3) is 0 Å². The molecular formula is C20H17N2O2P. The van der Waals surface area contributed by atoms with Gasteiger partial charge in [-0.05, 0) is 6.07 Å². The van der Waals surface area contributed by atoms with Gasteiger partial charge >= 0.3 is 5.97 Å². The highest BCUT2D eigenvalue weighted by molar-refractivity contribution is 7.72. The topological polar surface area (TPSA) is 75.7 Å². The zero-order valence-electron chi connectivity index (χ0n) is 13.4. The molecule has 0 aromatic heterocycles. The van der Waals surface area contributed by atoms with Gasteiger partial charge in [0.2, 0.25) is 0 Å². The Bertz CT molecular complexity index is 856. The zero-order valence-corrected chi connectivity index (χ0v) is 14.3. The molecule has 0 saturated heterocycles. The molecule has 25 heavy (non-hydrogen) atoms. The van der Waals surface area contributed by atoms with Gasteiger partial charge in [-0.3, -0.25) is 0 Å². The lowest BCUT2D eigenvalue weighted by atomic mass is 10.1. The molecule has 0 aliphatic heterocycles. The van der Waals surface area contributed by atoms with E-state index in [1.54, 1.807) is 18.2 Å². The summed E-state index contributed by atoms with van der Waals surface area (Å²) < 4.78 is 4.73. The summed E-state index contributed by atoms with van der Waals surface area (Å²) in [5.74, 6) is -0.783. The Morgan fingerprint density at radius 1 is 0.760 bits per heavy atom. The Morgan fingerprint density at radius 2 is 1.20 bits per heavy atom. The van der Waals surface area contributed by atoms with Crippen molar-refractivity contribution in [2.75, 3.05) is 0 Å². The fourth-order valence-corrected chi connectivity index (χ4v) is 4.22. The largest absolute Gasteiger partial charge is 0.478 e. The second kappa shape index (κ2) is 7.73. The minimum absolute atomic E-state index is 0.153. The molecule has 0 atom stereocenters. The predicted molar refractivity (Wildman–Crippen MR) is 103 cm³/mol. The van der Waals surface area contributed by atoms with E-state index in [2.05, 4.69) is 0 Å². The number of benzene rings is 3. The Labute approximate surface area is 147 Å². The number of hydrogen-bond donors (Lipinski definition) is 2. The van der Waals surface area contributed by atoms with Gasteiger partial charge in [-0.25, -0.2) is 9.56 Å². The molecule has 0 unspecified atom stereocenters. The molecule has 0 spiro atoms. The fourth-order valence-electron chi connectivity index (χ4n) is 2.46. The summed E-state index contributed by atoms with van der Waals surface area (Å²) in [4.78, 5) is 11.4. The average molecular weight is 348 g/mol. The quantitative estimate of drug-likeness (QED) is 0.422. The second-order valence-electron chi connectivity index (χ2n) is 5.32. The molecular weight excluding hydrogens is 331 g/mol. The lowest BCUT2D eigenvalue weighted by molar-refractivity contribution is 0.0696. The minimum atomic E-state index is -1.08. The van der Waals surface area contributed by atoms with Crippen molar-refractivity contribution in [3.63, 3.8) is 0 Å². The SMILES string of the molecule is NC(=NP(c1ccccc1)c1ccccc1)c1ccccc1C(=O)O. The molecule has 0 aliphatic rings. The van der Waals surface area contributed by atoms with Crippen LogP contribution < -0.4 is 16.3 Å². The molecule has 0 amide bonds. The molecule has 5 heteroatoms. The number of nitrogens with zero attached hydrogens (tertiary/aromatic N) is 1. The highest BCUT2D eigenvalue weighted by atomic mass is 31.1. The van der Waals surface area contributed by atoms with Gasteiger partial charge in [0.1, 0.15) is 5.84 Å². The molecule has 0 bridgehead atoms. The van der Waals surface area contributed by atoms with Gasteiger partial charge in [-0.2, -0.15) is 0 Å². The first kappa shape index (κ1) is 16.9. The molecule has 124 valence electrons. The van der Waals surface area contributed by atoms with Crippen LogP contribution in [0.4, 0.5) is 0 Å². The Morgan fingerprint density at radius 3 is 1.68 bits per heavy atom. The maximum Gasteiger partial charge on any atom is 0.336 e. The first-order chi connectivity index (χ1) is 12.2. The lowest BCUT2D eigenvalue weighted by Crippen LogP contribution is -2.20. The first-order valence-corrected chi connectivity index (χ1v) is 9.03. The molecule has 0 radical (unpaired) electrons. The number of nitrogens with two attached hydrogens (primary N) is 1. The molecule has 3 aromatic rings. The number of amidine groups is 1. The monoisotopic (exact) mass is 348 g/mol. The number of rotatable bonds is 5. The van der Waals surface area contributed by atoms with E-state index >= 15 is 0 Å². The van der Waals surface area contributed by atoms with Crippen molar-refractivity contribution in [3.05, 3.63) is 96.1 Å². The van der Waals surface area contributed by atoms with Crippen LogP contribution in [-0.4, -0.2) is 16.9 Å². The van der Waals surface area contributed by atoms with Gasteiger partial charge < -0.3 is 10.8 Å². The smallest absolute Gasteiger partial charge is 0.336 e. The van der Waals surface area contributed by atoms with Crippen molar-refractivity contribution in [1.82, 2.24) is 0 Å². The second-order valence-corrected chi connectivity index (χ2v) is 7.18. The van der Waals surface area contributed by atoms with Crippen molar-refractivity contribution in [1.29, 1.82) is 0 Å². The summed E-state index contributed by atoms with van der Waals surface area (Å²) in [6.45, 7) is 0. The van der Waals surface area contributed by atoms with E-state index in [9.17, 15) is 9.90 Å². The number of carboxylic acids is 1. The number of carbonyl (C=O) groups is 1. The van der Waals surface area contributed by atoms with Crippen molar-refractivity contribution in [2.45, 2.75) is 0 Å².